The number of alkyl halides is 3. The van der Waals surface area contributed by atoms with Gasteiger partial charge in [-0.2, -0.15) is 13.2 Å². The van der Waals surface area contributed by atoms with E-state index in [0.717, 1.165) is 29.2 Å². The molecule has 3 N–H and O–H groups in total. The van der Waals surface area contributed by atoms with Crippen molar-refractivity contribution in [3.63, 3.8) is 0 Å². The van der Waals surface area contributed by atoms with Gasteiger partial charge in [0.25, 0.3) is 0 Å². The second-order valence-electron chi connectivity index (χ2n) is 4.87. The van der Waals surface area contributed by atoms with Crippen molar-refractivity contribution in [1.82, 2.24) is 20.8 Å². The molecule has 1 atom stereocenters. The number of para-hydroxylation sites is 1. The van der Waals surface area contributed by atoms with Gasteiger partial charge in [0.2, 0.25) is 11.0 Å². The van der Waals surface area contributed by atoms with Gasteiger partial charge in [0.05, 0.1) is 16.5 Å². The lowest BCUT2D eigenvalue weighted by atomic mass is 10.2. The number of aromatic nitrogens is 2. The van der Waals surface area contributed by atoms with E-state index in [4.69, 9.17) is 0 Å². The van der Waals surface area contributed by atoms with Gasteiger partial charge in [0.15, 0.2) is 4.34 Å². The highest BCUT2D eigenvalue weighted by atomic mass is 32.2. The van der Waals surface area contributed by atoms with E-state index in [1.807, 2.05) is 0 Å². The van der Waals surface area contributed by atoms with Crippen molar-refractivity contribution in [3.05, 3.63) is 29.8 Å². The predicted molar refractivity (Wildman–Crippen MR) is 92.6 cm³/mol. The van der Waals surface area contributed by atoms with Crippen LogP contribution in [0.2, 0.25) is 0 Å². The number of carbonyl (C=O) groups excluding carboxylic acids is 2. The zero-order chi connectivity index (χ0) is 19.3. The molecule has 0 aliphatic carbocycles. The number of nitrogens with one attached hydrogen (secondary N) is 3. The van der Waals surface area contributed by atoms with Crippen LogP contribution in [-0.2, 0) is 11.0 Å². The number of imide groups is 1. The van der Waals surface area contributed by atoms with Crippen LogP contribution >= 0.6 is 23.1 Å². The van der Waals surface area contributed by atoms with Crippen molar-refractivity contribution in [3.8, 4) is 0 Å². The first-order valence-electron chi connectivity index (χ1n) is 7.16. The maximum atomic E-state index is 13.0. The van der Waals surface area contributed by atoms with Gasteiger partial charge in [-0.3, -0.25) is 10.1 Å². The summed E-state index contributed by atoms with van der Waals surface area (Å²) in [5, 5.41) is 14.1. The Hall–Kier alpha value is -2.34. The molecule has 2 aromatic rings. The molecule has 140 valence electrons. The molecule has 12 heteroatoms. The van der Waals surface area contributed by atoms with Gasteiger partial charge in [-0.15, -0.1) is 10.2 Å². The first kappa shape index (κ1) is 20.0. The van der Waals surface area contributed by atoms with Gasteiger partial charge in [-0.05, 0) is 19.1 Å². The van der Waals surface area contributed by atoms with E-state index in [1.54, 1.807) is 6.92 Å². The molecule has 0 spiro atoms. The van der Waals surface area contributed by atoms with Crippen LogP contribution in [0.15, 0.2) is 28.6 Å². The molecule has 1 heterocycles. The van der Waals surface area contributed by atoms with E-state index in [0.29, 0.717) is 4.34 Å². The van der Waals surface area contributed by atoms with Gasteiger partial charge in [0, 0.05) is 7.05 Å². The molecule has 2 rings (SSSR count). The van der Waals surface area contributed by atoms with Gasteiger partial charge in [-0.25, -0.2) is 4.79 Å². The van der Waals surface area contributed by atoms with Gasteiger partial charge >= 0.3 is 12.2 Å². The maximum Gasteiger partial charge on any atom is 0.418 e. The average Bonchev–Trinajstić information content (AvgIpc) is 3.01. The fourth-order valence-electron chi connectivity index (χ4n) is 1.74. The number of urea groups is 1. The summed E-state index contributed by atoms with van der Waals surface area (Å²) in [7, 11) is 1.38. The highest BCUT2D eigenvalue weighted by Crippen LogP contribution is 2.37. The number of nitrogens with zero attached hydrogens (tertiary/aromatic N) is 2. The predicted octanol–water partition coefficient (Wildman–Crippen LogP) is 3.24. The number of benzene rings is 1. The normalized spacial score (nSPS) is 12.3. The molecule has 0 saturated heterocycles. The minimum Gasteiger partial charge on any atom is -0.341 e. The summed E-state index contributed by atoms with van der Waals surface area (Å²) >= 11 is 2.04. The van der Waals surface area contributed by atoms with Crippen LogP contribution in [0, 0.1) is 0 Å². The highest BCUT2D eigenvalue weighted by Gasteiger charge is 2.33. The molecular weight excluding hydrogens is 391 g/mol. The summed E-state index contributed by atoms with van der Waals surface area (Å²) < 4.78 is 39.4. The number of carbonyl (C=O) groups is 2. The van der Waals surface area contributed by atoms with Crippen LogP contribution < -0.4 is 16.0 Å². The Morgan fingerprint density at radius 3 is 2.58 bits per heavy atom. The smallest absolute Gasteiger partial charge is 0.341 e. The molecule has 3 amide bonds. The molecular formula is C14H14F3N5O2S2. The lowest BCUT2D eigenvalue weighted by molar-refractivity contribution is -0.137. The summed E-state index contributed by atoms with van der Waals surface area (Å²) in [6.45, 7) is 1.57. The summed E-state index contributed by atoms with van der Waals surface area (Å²) in [6, 6.07) is 4.38. The fourth-order valence-corrected chi connectivity index (χ4v) is 3.65. The van der Waals surface area contributed by atoms with E-state index in [9.17, 15) is 22.8 Å². The third-order valence-corrected chi connectivity index (χ3v) is 5.01. The molecule has 0 aliphatic rings. The number of hydrogen-bond acceptors (Lipinski definition) is 7. The molecule has 7 nitrogen and oxygen atoms in total. The van der Waals surface area contributed by atoms with Crippen molar-refractivity contribution in [2.75, 3.05) is 12.4 Å². The van der Waals surface area contributed by atoms with Crippen molar-refractivity contribution in [2.24, 2.45) is 0 Å². The molecule has 0 fully saturated rings. The van der Waals surface area contributed by atoms with Crippen molar-refractivity contribution >= 4 is 45.9 Å². The molecule has 0 saturated carbocycles. The zero-order valence-electron chi connectivity index (χ0n) is 13.5. The van der Waals surface area contributed by atoms with Crippen LogP contribution in [0.5, 0.6) is 0 Å². The Morgan fingerprint density at radius 2 is 1.92 bits per heavy atom. The Labute approximate surface area is 154 Å². The van der Waals surface area contributed by atoms with Crippen LogP contribution in [-0.4, -0.2) is 34.4 Å². The summed E-state index contributed by atoms with van der Waals surface area (Å²) in [6.07, 6.45) is -4.50. The summed E-state index contributed by atoms with van der Waals surface area (Å²) in [4.78, 5) is 22.9. The average molecular weight is 405 g/mol. The third-order valence-electron chi connectivity index (χ3n) is 2.99. The molecule has 0 aliphatic heterocycles. The Morgan fingerprint density at radius 1 is 1.23 bits per heavy atom. The maximum absolute atomic E-state index is 13.0. The Bertz CT molecular complexity index is 797. The van der Waals surface area contributed by atoms with E-state index < -0.39 is 28.9 Å². The number of hydrogen-bond donors (Lipinski definition) is 3. The fraction of sp³-hybridized carbons (Fsp3) is 0.286. The molecule has 1 aromatic heterocycles. The molecule has 26 heavy (non-hydrogen) atoms. The van der Waals surface area contributed by atoms with Crippen LogP contribution in [0.25, 0.3) is 0 Å². The summed E-state index contributed by atoms with van der Waals surface area (Å²) in [5.41, 5.74) is -0.958. The minimum absolute atomic E-state index is 0.141. The number of amides is 3. The lowest BCUT2D eigenvalue weighted by Gasteiger charge is -2.12. The second-order valence-corrected chi connectivity index (χ2v) is 7.44. The monoisotopic (exact) mass is 405 g/mol. The SMILES string of the molecule is CNC(=O)NC(=O)[C@H](C)Sc1nnc(Nc2ccccc2C(F)(F)F)s1. The first-order valence-corrected chi connectivity index (χ1v) is 8.86. The molecule has 1 aromatic carbocycles. The van der Waals surface area contributed by atoms with E-state index in [1.165, 1.54) is 25.2 Å². The van der Waals surface area contributed by atoms with E-state index in [2.05, 4.69) is 26.1 Å². The van der Waals surface area contributed by atoms with Crippen molar-refractivity contribution in [2.45, 2.75) is 22.7 Å². The van der Waals surface area contributed by atoms with Crippen LogP contribution in [0.3, 0.4) is 0 Å². The van der Waals surface area contributed by atoms with Gasteiger partial charge in [-0.1, -0.05) is 35.2 Å². The number of anilines is 2. The Balaban J connectivity index is 2.05. The topological polar surface area (TPSA) is 96.0 Å². The number of thioether (sulfide) groups is 1. The molecule has 0 radical (unpaired) electrons. The third kappa shape index (κ3) is 5.33. The zero-order valence-corrected chi connectivity index (χ0v) is 15.2. The first-order chi connectivity index (χ1) is 12.2. The number of rotatable bonds is 5. The quantitative estimate of drug-likeness (QED) is 0.661. The molecule has 0 unspecified atom stereocenters. The highest BCUT2D eigenvalue weighted by molar-refractivity contribution is 8.02. The lowest BCUT2D eigenvalue weighted by Crippen LogP contribution is -2.41. The van der Waals surface area contributed by atoms with Gasteiger partial charge in [0.1, 0.15) is 0 Å². The van der Waals surface area contributed by atoms with Crippen molar-refractivity contribution in [1.29, 1.82) is 0 Å². The van der Waals surface area contributed by atoms with E-state index >= 15 is 0 Å². The summed E-state index contributed by atoms with van der Waals surface area (Å²) in [5.74, 6) is -0.526. The number of halogens is 3. The Kier molecular flexibility index (Phi) is 6.42. The van der Waals surface area contributed by atoms with Crippen LogP contribution in [0.4, 0.5) is 28.8 Å². The second kappa shape index (κ2) is 8.36. The van der Waals surface area contributed by atoms with Crippen LogP contribution in [0.1, 0.15) is 12.5 Å². The van der Waals surface area contributed by atoms with Gasteiger partial charge < -0.3 is 10.6 Å². The van der Waals surface area contributed by atoms with E-state index in [-0.39, 0.29) is 10.8 Å². The van der Waals surface area contributed by atoms with Crippen molar-refractivity contribution < 1.29 is 22.8 Å². The minimum atomic E-state index is -4.50. The standard InChI is InChI=1S/C14H14F3N5O2S2/c1-7(10(23)20-11(24)18-2)25-13-22-21-12(26-13)19-9-6-4-3-5-8(9)14(15,16)17/h3-7H,1-2H3,(H,19,21)(H2,18,20,23,24)/t7-/m0/s1. The largest absolute Gasteiger partial charge is 0.418 e. The molecule has 0 bridgehead atoms.